The Labute approximate surface area is 194 Å². The molecule has 1 atom stereocenters. The first-order valence-electron chi connectivity index (χ1n) is 10.5. The molecule has 2 amide bonds. The minimum Gasteiger partial charge on any atom is -0.461 e. The van der Waals surface area contributed by atoms with E-state index < -0.39 is 47.8 Å². The highest BCUT2D eigenvalue weighted by Gasteiger charge is 2.42. The molecule has 0 spiro atoms. The summed E-state index contributed by atoms with van der Waals surface area (Å²) < 4.78 is 20.8. The smallest absolute Gasteiger partial charge is 0.420 e. The quantitative estimate of drug-likeness (QED) is 0.317. The van der Waals surface area contributed by atoms with Gasteiger partial charge < -0.3 is 18.9 Å². The van der Waals surface area contributed by atoms with Gasteiger partial charge in [0, 0.05) is 0 Å². The number of benzene rings is 1. The van der Waals surface area contributed by atoms with Crippen molar-refractivity contribution in [3.63, 3.8) is 0 Å². The van der Waals surface area contributed by atoms with Crippen molar-refractivity contribution in [2.24, 2.45) is 0 Å². The van der Waals surface area contributed by atoms with Crippen molar-refractivity contribution in [1.29, 1.82) is 0 Å². The second-order valence-electron chi connectivity index (χ2n) is 9.12. The molecular formula is C24H33NO8. The number of ether oxygens (including phenoxy) is 4. The number of nitrogens with zero attached hydrogens (tertiary/aromatic N) is 1. The molecule has 0 aliphatic rings. The summed E-state index contributed by atoms with van der Waals surface area (Å²) in [5.41, 5.74) is -1.24. The van der Waals surface area contributed by atoms with Gasteiger partial charge in [0.05, 0.1) is 6.42 Å². The Morgan fingerprint density at radius 1 is 0.909 bits per heavy atom. The van der Waals surface area contributed by atoms with Crippen LogP contribution in [0.2, 0.25) is 0 Å². The summed E-state index contributed by atoms with van der Waals surface area (Å²) in [6.45, 7) is 12.8. The summed E-state index contributed by atoms with van der Waals surface area (Å²) >= 11 is 0. The molecule has 1 aromatic carbocycles. The van der Waals surface area contributed by atoms with E-state index in [1.54, 1.807) is 65.8 Å². The molecule has 0 aromatic heterocycles. The van der Waals surface area contributed by atoms with Crippen LogP contribution in [-0.4, -0.2) is 52.9 Å². The van der Waals surface area contributed by atoms with Crippen LogP contribution < -0.4 is 0 Å². The van der Waals surface area contributed by atoms with Crippen LogP contribution in [0.3, 0.4) is 0 Å². The number of rotatable bonds is 8. The van der Waals surface area contributed by atoms with Gasteiger partial charge in [-0.1, -0.05) is 43.0 Å². The fourth-order valence-electron chi connectivity index (χ4n) is 2.42. The van der Waals surface area contributed by atoms with E-state index in [4.69, 9.17) is 18.9 Å². The summed E-state index contributed by atoms with van der Waals surface area (Å²) in [5, 5.41) is 0. The Morgan fingerprint density at radius 3 is 1.88 bits per heavy atom. The Hall–Kier alpha value is -3.36. The predicted octanol–water partition coefficient (Wildman–Crippen LogP) is 4.39. The highest BCUT2D eigenvalue weighted by molar-refractivity contribution is 5.96. The standard InChI is InChI=1S/C24H33NO8/c1-8-14-30-20(27)18(15-19(26)31-16-17-12-10-9-11-13-17)25(21(28)32-23(2,3)4)22(29)33-24(5,6)7/h8-13,18H,1,14-16H2,2-7H3. The summed E-state index contributed by atoms with van der Waals surface area (Å²) in [4.78, 5) is 51.5. The fraction of sp³-hybridized carbons (Fsp3) is 0.500. The van der Waals surface area contributed by atoms with Gasteiger partial charge in [0.2, 0.25) is 0 Å². The molecule has 0 heterocycles. The lowest BCUT2D eigenvalue weighted by Crippen LogP contribution is -2.53. The van der Waals surface area contributed by atoms with E-state index in [1.165, 1.54) is 6.08 Å². The van der Waals surface area contributed by atoms with Gasteiger partial charge in [-0.15, -0.1) is 0 Å². The number of hydrogen-bond donors (Lipinski definition) is 0. The van der Waals surface area contributed by atoms with Gasteiger partial charge >= 0.3 is 24.1 Å². The maximum atomic E-state index is 12.9. The summed E-state index contributed by atoms with van der Waals surface area (Å²) in [6.07, 6.45) is -1.66. The van der Waals surface area contributed by atoms with E-state index in [-0.39, 0.29) is 13.2 Å². The SMILES string of the molecule is C=CCOC(=O)C(CC(=O)OCc1ccccc1)N(C(=O)OC(C)(C)C)C(=O)OC(C)(C)C. The topological polar surface area (TPSA) is 108 Å². The fourth-order valence-corrected chi connectivity index (χ4v) is 2.42. The van der Waals surface area contributed by atoms with Crippen LogP contribution in [0.1, 0.15) is 53.5 Å². The van der Waals surface area contributed by atoms with Crippen LogP contribution in [0.15, 0.2) is 43.0 Å². The van der Waals surface area contributed by atoms with Crippen LogP contribution in [-0.2, 0) is 35.1 Å². The maximum Gasteiger partial charge on any atom is 0.420 e. The van der Waals surface area contributed by atoms with Crippen LogP contribution in [0.25, 0.3) is 0 Å². The van der Waals surface area contributed by atoms with E-state index in [2.05, 4.69) is 6.58 Å². The molecular weight excluding hydrogens is 430 g/mol. The first-order valence-corrected chi connectivity index (χ1v) is 10.5. The lowest BCUT2D eigenvalue weighted by Gasteiger charge is -2.32. The molecule has 9 heteroatoms. The van der Waals surface area contributed by atoms with Crippen molar-refractivity contribution < 1.29 is 38.1 Å². The zero-order chi connectivity index (χ0) is 25.2. The predicted molar refractivity (Wildman–Crippen MR) is 120 cm³/mol. The Morgan fingerprint density at radius 2 is 1.42 bits per heavy atom. The summed E-state index contributed by atoms with van der Waals surface area (Å²) in [5.74, 6) is -1.83. The van der Waals surface area contributed by atoms with Crippen LogP contribution in [0.5, 0.6) is 0 Å². The molecule has 1 rings (SSSR count). The minimum absolute atomic E-state index is 0.0486. The molecule has 33 heavy (non-hydrogen) atoms. The van der Waals surface area contributed by atoms with E-state index in [0.29, 0.717) is 4.90 Å². The molecule has 1 aromatic rings. The average Bonchev–Trinajstić information content (AvgIpc) is 2.68. The van der Waals surface area contributed by atoms with Crippen molar-refractivity contribution in [2.75, 3.05) is 6.61 Å². The zero-order valence-electron chi connectivity index (χ0n) is 20.1. The highest BCUT2D eigenvalue weighted by atomic mass is 16.6. The van der Waals surface area contributed by atoms with Gasteiger partial charge in [0.25, 0.3) is 0 Å². The molecule has 1 unspecified atom stereocenters. The molecule has 0 bridgehead atoms. The van der Waals surface area contributed by atoms with Gasteiger partial charge in [0.1, 0.15) is 24.4 Å². The molecule has 0 aliphatic carbocycles. The van der Waals surface area contributed by atoms with Crippen LogP contribution in [0.4, 0.5) is 9.59 Å². The number of esters is 2. The van der Waals surface area contributed by atoms with Crippen molar-refractivity contribution in [3.8, 4) is 0 Å². The first kappa shape index (κ1) is 27.7. The third kappa shape index (κ3) is 10.7. The van der Waals surface area contributed by atoms with Crippen molar-refractivity contribution in [2.45, 2.75) is 71.8 Å². The monoisotopic (exact) mass is 463 g/mol. The summed E-state index contributed by atoms with van der Waals surface area (Å²) in [6, 6.07) is 7.24. The van der Waals surface area contributed by atoms with Gasteiger partial charge in [-0.3, -0.25) is 4.79 Å². The molecule has 0 fully saturated rings. The Bertz CT molecular complexity index is 808. The minimum atomic E-state index is -1.67. The summed E-state index contributed by atoms with van der Waals surface area (Å²) in [7, 11) is 0. The zero-order valence-corrected chi connectivity index (χ0v) is 20.1. The van der Waals surface area contributed by atoms with E-state index in [0.717, 1.165) is 5.56 Å². The Balaban J connectivity index is 3.20. The first-order chi connectivity index (χ1) is 15.2. The number of imide groups is 1. The third-order valence-corrected chi connectivity index (χ3v) is 3.71. The van der Waals surface area contributed by atoms with Crippen LogP contribution in [0, 0.1) is 0 Å². The van der Waals surface area contributed by atoms with E-state index in [9.17, 15) is 19.2 Å². The van der Waals surface area contributed by atoms with Gasteiger partial charge in [-0.05, 0) is 47.1 Å². The molecule has 0 saturated heterocycles. The number of carbonyl (C=O) groups excluding carboxylic acids is 4. The van der Waals surface area contributed by atoms with Crippen molar-refractivity contribution in [1.82, 2.24) is 4.90 Å². The van der Waals surface area contributed by atoms with E-state index >= 15 is 0 Å². The lowest BCUT2D eigenvalue weighted by molar-refractivity contribution is -0.155. The van der Waals surface area contributed by atoms with Crippen LogP contribution >= 0.6 is 0 Å². The molecule has 0 N–H and O–H groups in total. The molecule has 0 saturated carbocycles. The Kier molecular flexibility index (Phi) is 10.1. The average molecular weight is 464 g/mol. The van der Waals surface area contributed by atoms with Crippen molar-refractivity contribution >= 4 is 24.1 Å². The molecule has 0 radical (unpaired) electrons. The molecule has 9 nitrogen and oxygen atoms in total. The number of hydrogen-bond acceptors (Lipinski definition) is 8. The van der Waals surface area contributed by atoms with Crippen molar-refractivity contribution in [3.05, 3.63) is 48.6 Å². The van der Waals surface area contributed by atoms with E-state index in [1.807, 2.05) is 6.07 Å². The second kappa shape index (κ2) is 12.0. The number of amides is 2. The molecule has 182 valence electrons. The normalized spacial score (nSPS) is 12.2. The van der Waals surface area contributed by atoms with Gasteiger partial charge in [-0.2, -0.15) is 4.90 Å². The number of carbonyl (C=O) groups is 4. The lowest BCUT2D eigenvalue weighted by atomic mass is 10.1. The maximum absolute atomic E-state index is 12.9. The third-order valence-electron chi connectivity index (χ3n) is 3.71. The largest absolute Gasteiger partial charge is 0.461 e. The van der Waals surface area contributed by atoms with Gasteiger partial charge in [-0.25, -0.2) is 14.4 Å². The second-order valence-corrected chi connectivity index (χ2v) is 9.12. The van der Waals surface area contributed by atoms with Gasteiger partial charge in [0.15, 0.2) is 6.04 Å². The highest BCUT2D eigenvalue weighted by Crippen LogP contribution is 2.20. The molecule has 0 aliphatic heterocycles.